The highest BCUT2D eigenvalue weighted by molar-refractivity contribution is 7.14. The van der Waals surface area contributed by atoms with Gasteiger partial charge in [-0.05, 0) is 50.8 Å². The maximum atomic E-state index is 12.6. The summed E-state index contributed by atoms with van der Waals surface area (Å²) in [4.78, 5) is 16.8. The average Bonchev–Trinajstić information content (AvgIpc) is 2.76. The largest absolute Gasteiger partial charge is 0.338 e. The first-order chi connectivity index (χ1) is 9.47. The van der Waals surface area contributed by atoms with Crippen LogP contribution in [0.4, 0.5) is 0 Å². The molecule has 1 aromatic rings. The van der Waals surface area contributed by atoms with E-state index in [1.807, 2.05) is 11.0 Å². The zero-order valence-electron chi connectivity index (χ0n) is 13.0. The number of nitrogens with one attached hydrogen (secondary N) is 1. The van der Waals surface area contributed by atoms with Crippen molar-refractivity contribution < 1.29 is 4.79 Å². The molecular weight excluding hydrogens is 268 g/mol. The van der Waals surface area contributed by atoms with Crippen LogP contribution in [0.5, 0.6) is 0 Å². The zero-order valence-corrected chi connectivity index (χ0v) is 13.8. The number of piperidine rings is 1. The predicted molar refractivity (Wildman–Crippen MR) is 85.6 cm³/mol. The molecule has 1 unspecified atom stereocenters. The number of aryl methyl sites for hydroxylation is 2. The molecule has 1 aliphatic rings. The highest BCUT2D eigenvalue weighted by atomic mass is 32.1. The molecule has 1 atom stereocenters. The van der Waals surface area contributed by atoms with Gasteiger partial charge in [-0.1, -0.05) is 13.8 Å². The quantitative estimate of drug-likeness (QED) is 0.925. The molecule has 0 bridgehead atoms. The lowest BCUT2D eigenvalue weighted by Gasteiger charge is -2.33. The van der Waals surface area contributed by atoms with Gasteiger partial charge in [0.1, 0.15) is 0 Å². The van der Waals surface area contributed by atoms with Gasteiger partial charge in [-0.25, -0.2) is 0 Å². The molecule has 20 heavy (non-hydrogen) atoms. The minimum atomic E-state index is 0.223. The second kappa shape index (κ2) is 6.72. The smallest absolute Gasteiger partial charge is 0.263 e. The fourth-order valence-electron chi connectivity index (χ4n) is 2.65. The number of amides is 1. The van der Waals surface area contributed by atoms with Gasteiger partial charge in [0.25, 0.3) is 5.91 Å². The number of likely N-dealkylation sites (tertiary alicyclic amines) is 1. The lowest BCUT2D eigenvalue weighted by Crippen LogP contribution is -2.43. The predicted octanol–water partition coefficient (Wildman–Crippen LogP) is 3.22. The summed E-state index contributed by atoms with van der Waals surface area (Å²) in [5, 5.41) is 3.49. The standard InChI is InChI=1S/C16H26N2OS/c1-11(2)17-9-14-6-5-7-18(10-14)16(19)15-8-12(3)13(4)20-15/h8,11,14,17H,5-7,9-10H2,1-4H3. The molecule has 1 saturated heterocycles. The first-order valence-electron chi connectivity index (χ1n) is 7.57. The fraction of sp³-hybridized carbons (Fsp3) is 0.688. The molecule has 0 saturated carbocycles. The number of carbonyl (C=O) groups excluding carboxylic acids is 1. The average molecular weight is 294 g/mol. The summed E-state index contributed by atoms with van der Waals surface area (Å²) in [5.41, 5.74) is 1.23. The topological polar surface area (TPSA) is 32.3 Å². The van der Waals surface area contributed by atoms with Crippen LogP contribution in [-0.4, -0.2) is 36.5 Å². The monoisotopic (exact) mass is 294 g/mol. The van der Waals surface area contributed by atoms with Crippen molar-refractivity contribution in [2.45, 2.75) is 46.6 Å². The van der Waals surface area contributed by atoms with Crippen molar-refractivity contribution in [1.82, 2.24) is 10.2 Å². The molecule has 2 heterocycles. The van der Waals surface area contributed by atoms with Crippen molar-refractivity contribution in [3.05, 3.63) is 21.4 Å². The number of hydrogen-bond donors (Lipinski definition) is 1. The lowest BCUT2D eigenvalue weighted by atomic mass is 9.97. The molecule has 0 aromatic carbocycles. The molecule has 1 N–H and O–H groups in total. The molecule has 1 aliphatic heterocycles. The molecule has 1 aromatic heterocycles. The Morgan fingerprint density at radius 3 is 2.85 bits per heavy atom. The summed E-state index contributed by atoms with van der Waals surface area (Å²) >= 11 is 1.63. The first-order valence-corrected chi connectivity index (χ1v) is 8.38. The minimum absolute atomic E-state index is 0.223. The van der Waals surface area contributed by atoms with Gasteiger partial charge >= 0.3 is 0 Å². The number of rotatable bonds is 4. The van der Waals surface area contributed by atoms with E-state index in [9.17, 15) is 4.79 Å². The van der Waals surface area contributed by atoms with E-state index in [1.54, 1.807) is 11.3 Å². The van der Waals surface area contributed by atoms with E-state index in [-0.39, 0.29) is 5.91 Å². The Hall–Kier alpha value is -0.870. The first kappa shape index (κ1) is 15.5. The van der Waals surface area contributed by atoms with Crippen LogP contribution >= 0.6 is 11.3 Å². The Morgan fingerprint density at radius 1 is 1.50 bits per heavy atom. The third-order valence-corrected chi connectivity index (χ3v) is 5.14. The van der Waals surface area contributed by atoms with E-state index in [0.29, 0.717) is 12.0 Å². The van der Waals surface area contributed by atoms with Crippen molar-refractivity contribution in [1.29, 1.82) is 0 Å². The Labute approximate surface area is 126 Å². The van der Waals surface area contributed by atoms with Crippen molar-refractivity contribution in [2.24, 2.45) is 5.92 Å². The van der Waals surface area contributed by atoms with Crippen LogP contribution in [0.15, 0.2) is 6.07 Å². The zero-order chi connectivity index (χ0) is 14.7. The van der Waals surface area contributed by atoms with E-state index < -0.39 is 0 Å². The van der Waals surface area contributed by atoms with Crippen LogP contribution in [0.25, 0.3) is 0 Å². The van der Waals surface area contributed by atoms with E-state index in [4.69, 9.17) is 0 Å². The maximum absolute atomic E-state index is 12.6. The molecule has 3 nitrogen and oxygen atoms in total. The van der Waals surface area contributed by atoms with Gasteiger partial charge in [0, 0.05) is 24.0 Å². The molecule has 112 valence electrons. The number of carbonyl (C=O) groups is 1. The van der Waals surface area contributed by atoms with Gasteiger partial charge in [0.05, 0.1) is 4.88 Å². The summed E-state index contributed by atoms with van der Waals surface area (Å²) in [7, 11) is 0. The molecule has 2 rings (SSSR count). The fourth-order valence-corrected chi connectivity index (χ4v) is 3.65. The highest BCUT2D eigenvalue weighted by Gasteiger charge is 2.25. The normalized spacial score (nSPS) is 19.6. The van der Waals surface area contributed by atoms with Crippen molar-refractivity contribution in [3.63, 3.8) is 0 Å². The Morgan fingerprint density at radius 2 is 2.25 bits per heavy atom. The van der Waals surface area contributed by atoms with E-state index >= 15 is 0 Å². The molecule has 4 heteroatoms. The van der Waals surface area contributed by atoms with Gasteiger partial charge in [0.15, 0.2) is 0 Å². The second-order valence-electron chi connectivity index (χ2n) is 6.17. The van der Waals surface area contributed by atoms with Crippen LogP contribution in [0, 0.1) is 19.8 Å². The highest BCUT2D eigenvalue weighted by Crippen LogP contribution is 2.24. The summed E-state index contributed by atoms with van der Waals surface area (Å²) in [6.07, 6.45) is 2.35. The third-order valence-electron chi connectivity index (χ3n) is 4.00. The van der Waals surface area contributed by atoms with Crippen LogP contribution in [0.2, 0.25) is 0 Å². The third kappa shape index (κ3) is 3.83. The van der Waals surface area contributed by atoms with Crippen LogP contribution in [-0.2, 0) is 0 Å². The summed E-state index contributed by atoms with van der Waals surface area (Å²) in [6.45, 7) is 11.3. The molecule has 1 fully saturated rings. The number of thiophene rings is 1. The van der Waals surface area contributed by atoms with Gasteiger partial charge in [-0.2, -0.15) is 0 Å². The van der Waals surface area contributed by atoms with Gasteiger partial charge in [-0.15, -0.1) is 11.3 Å². The Kier molecular flexibility index (Phi) is 5.22. The van der Waals surface area contributed by atoms with Gasteiger partial charge in [0.2, 0.25) is 0 Å². The molecule has 1 amide bonds. The van der Waals surface area contributed by atoms with Gasteiger partial charge < -0.3 is 10.2 Å². The lowest BCUT2D eigenvalue weighted by molar-refractivity contribution is 0.0677. The second-order valence-corrected chi connectivity index (χ2v) is 7.43. The van der Waals surface area contributed by atoms with Crippen LogP contribution < -0.4 is 5.32 Å². The Balaban J connectivity index is 1.96. The van der Waals surface area contributed by atoms with Gasteiger partial charge in [-0.3, -0.25) is 4.79 Å². The summed E-state index contributed by atoms with van der Waals surface area (Å²) in [5.74, 6) is 0.817. The van der Waals surface area contributed by atoms with Crippen LogP contribution in [0.1, 0.15) is 46.8 Å². The van der Waals surface area contributed by atoms with E-state index in [1.165, 1.54) is 16.9 Å². The Bertz CT molecular complexity index is 448. The van der Waals surface area contributed by atoms with E-state index in [2.05, 4.69) is 33.0 Å². The molecule has 0 radical (unpaired) electrons. The summed E-state index contributed by atoms with van der Waals surface area (Å²) in [6, 6.07) is 2.56. The maximum Gasteiger partial charge on any atom is 0.263 e. The van der Waals surface area contributed by atoms with Crippen molar-refractivity contribution in [2.75, 3.05) is 19.6 Å². The van der Waals surface area contributed by atoms with Crippen molar-refractivity contribution in [3.8, 4) is 0 Å². The number of hydrogen-bond acceptors (Lipinski definition) is 3. The van der Waals surface area contributed by atoms with Crippen molar-refractivity contribution >= 4 is 17.2 Å². The minimum Gasteiger partial charge on any atom is -0.338 e. The SMILES string of the molecule is Cc1cc(C(=O)N2CCCC(CNC(C)C)C2)sc1C. The van der Waals surface area contributed by atoms with E-state index in [0.717, 1.165) is 30.9 Å². The summed E-state index contributed by atoms with van der Waals surface area (Å²) < 4.78 is 0. The molecular formula is C16H26N2OS. The molecule has 0 spiro atoms. The van der Waals surface area contributed by atoms with Crippen LogP contribution in [0.3, 0.4) is 0 Å². The number of nitrogens with zero attached hydrogens (tertiary/aromatic N) is 1. The molecule has 0 aliphatic carbocycles.